The number of nitrogens with zero attached hydrogens (tertiary/aromatic N) is 2. The highest BCUT2D eigenvalue weighted by Crippen LogP contribution is 2.64. The largest absolute Gasteiger partial charge is 0.455 e. The van der Waals surface area contributed by atoms with E-state index in [9.17, 15) is 0 Å². The van der Waals surface area contributed by atoms with Crippen LogP contribution in [0.25, 0.3) is 55.0 Å². The maximum absolute atomic E-state index is 7.03. The second kappa shape index (κ2) is 11.5. The molecule has 0 N–H and O–H groups in total. The molecule has 9 aromatic carbocycles. The van der Waals surface area contributed by atoms with Crippen molar-refractivity contribution in [3.63, 3.8) is 0 Å². The van der Waals surface area contributed by atoms with Gasteiger partial charge in [0, 0.05) is 39.1 Å². The van der Waals surface area contributed by atoms with Gasteiger partial charge in [-0.05, 0) is 114 Å². The Morgan fingerprint density at radius 3 is 1.93 bits per heavy atom. The second-order valence-corrected chi connectivity index (χ2v) is 18.3. The molecule has 0 saturated heterocycles. The summed E-state index contributed by atoms with van der Waals surface area (Å²) in [6.45, 7) is 6.75. The van der Waals surface area contributed by atoms with Gasteiger partial charge < -0.3 is 14.1 Å². The molecule has 286 valence electrons. The first-order valence-electron chi connectivity index (χ1n) is 21.6. The predicted molar refractivity (Wildman–Crippen MR) is 255 cm³/mol. The number of benzene rings is 9. The minimum Gasteiger partial charge on any atom is -0.455 e. The van der Waals surface area contributed by atoms with Gasteiger partial charge in [-0.3, -0.25) is 0 Å². The maximum atomic E-state index is 7.03. The average molecular weight is 779 g/mol. The lowest BCUT2D eigenvalue weighted by atomic mass is 9.42. The molecule has 1 aromatic heterocycles. The van der Waals surface area contributed by atoms with E-state index in [0.29, 0.717) is 0 Å². The summed E-state index contributed by atoms with van der Waals surface area (Å²) in [4.78, 5) is 5.26. The van der Waals surface area contributed by atoms with E-state index in [1.165, 1.54) is 83.3 Å². The van der Waals surface area contributed by atoms with Gasteiger partial charge in [0.15, 0.2) is 0 Å². The Bertz CT molecular complexity index is 3510. The van der Waals surface area contributed by atoms with E-state index in [4.69, 9.17) is 4.42 Å². The Labute approximate surface area is 355 Å². The van der Waals surface area contributed by atoms with Crippen molar-refractivity contribution in [3.05, 3.63) is 210 Å². The Morgan fingerprint density at radius 1 is 0.508 bits per heavy atom. The molecule has 0 unspecified atom stereocenters. The van der Waals surface area contributed by atoms with Crippen LogP contribution in [-0.2, 0) is 10.8 Å². The zero-order valence-corrected chi connectivity index (χ0v) is 34.2. The number of para-hydroxylation sites is 3. The smallest absolute Gasteiger partial charge is 0.333 e. The highest BCUT2D eigenvalue weighted by molar-refractivity contribution is 6.94. The van der Waals surface area contributed by atoms with Crippen molar-refractivity contribution in [2.24, 2.45) is 0 Å². The summed E-state index contributed by atoms with van der Waals surface area (Å²) in [6, 6.07) is 68.6. The van der Waals surface area contributed by atoms with Crippen molar-refractivity contribution in [1.29, 1.82) is 0 Å². The lowest BCUT2D eigenvalue weighted by molar-refractivity contribution is 0.590. The van der Waals surface area contributed by atoms with E-state index < -0.39 is 5.41 Å². The molecule has 0 saturated carbocycles. The molecule has 4 aliphatic rings. The predicted octanol–water partition coefficient (Wildman–Crippen LogP) is 13.4. The molecule has 0 amide bonds. The van der Waals surface area contributed by atoms with Crippen LogP contribution in [0.15, 0.2) is 186 Å². The van der Waals surface area contributed by atoms with E-state index in [1.54, 1.807) is 0 Å². The molecule has 1 spiro atoms. The number of furan rings is 1. The number of fused-ring (bicyclic) bond motifs is 19. The molecule has 4 heteroatoms. The van der Waals surface area contributed by atoms with Crippen LogP contribution in [0.3, 0.4) is 0 Å². The number of anilines is 5. The van der Waals surface area contributed by atoms with Crippen molar-refractivity contribution in [1.82, 2.24) is 0 Å². The van der Waals surface area contributed by atoms with Crippen LogP contribution >= 0.6 is 0 Å². The lowest BCUT2D eigenvalue weighted by Crippen LogP contribution is -2.62. The molecule has 14 rings (SSSR count). The molecule has 10 aromatic rings. The van der Waals surface area contributed by atoms with Gasteiger partial charge in [0.1, 0.15) is 11.2 Å². The molecule has 61 heavy (non-hydrogen) atoms. The van der Waals surface area contributed by atoms with Gasteiger partial charge >= 0.3 is 6.85 Å². The second-order valence-electron chi connectivity index (χ2n) is 18.3. The monoisotopic (exact) mass is 778 g/mol. The fourth-order valence-corrected chi connectivity index (χ4v) is 11.9. The molecular weight excluding hydrogens is 739 g/mol. The Balaban J connectivity index is 1.17. The van der Waals surface area contributed by atoms with Crippen molar-refractivity contribution < 1.29 is 4.42 Å². The van der Waals surface area contributed by atoms with Gasteiger partial charge in [-0.1, -0.05) is 160 Å². The molecule has 1 aliphatic carbocycles. The van der Waals surface area contributed by atoms with Gasteiger partial charge in [0.2, 0.25) is 0 Å². The van der Waals surface area contributed by atoms with E-state index in [2.05, 4.69) is 212 Å². The van der Waals surface area contributed by atoms with Crippen molar-refractivity contribution >= 4 is 78.9 Å². The van der Waals surface area contributed by atoms with E-state index in [1.807, 2.05) is 0 Å². The summed E-state index contributed by atoms with van der Waals surface area (Å²) >= 11 is 0. The SMILES string of the molecule is CC(C)(C)c1ccc(N2B3c4cccc5c4N(c4ccccc4C54c5ccccc5-c5ccccc54)c4cc5ccccc5c(c43)-c3c2ccc2c3oc3ccccc32)cc1. The van der Waals surface area contributed by atoms with Gasteiger partial charge in [-0.2, -0.15) is 0 Å². The third-order valence-electron chi connectivity index (χ3n) is 14.4. The highest BCUT2D eigenvalue weighted by atomic mass is 16.3. The highest BCUT2D eigenvalue weighted by Gasteiger charge is 2.56. The molecular formula is C57H39BN2O. The Hall–Kier alpha value is -7.30. The zero-order chi connectivity index (χ0) is 40.4. The summed E-state index contributed by atoms with van der Waals surface area (Å²) in [6.07, 6.45) is 0. The summed E-state index contributed by atoms with van der Waals surface area (Å²) in [5.41, 5.74) is 21.7. The number of rotatable bonds is 1. The first-order chi connectivity index (χ1) is 29.9. The van der Waals surface area contributed by atoms with Crippen LogP contribution < -0.4 is 20.6 Å². The third kappa shape index (κ3) is 4.06. The van der Waals surface area contributed by atoms with Gasteiger partial charge in [0.05, 0.1) is 11.1 Å². The van der Waals surface area contributed by atoms with Crippen molar-refractivity contribution in [3.8, 4) is 22.3 Å². The summed E-state index contributed by atoms with van der Waals surface area (Å²) in [7, 11) is 0. The summed E-state index contributed by atoms with van der Waals surface area (Å²) in [5, 5.41) is 4.73. The third-order valence-corrected chi connectivity index (χ3v) is 14.4. The molecule has 0 radical (unpaired) electrons. The number of hydrogen-bond acceptors (Lipinski definition) is 3. The van der Waals surface area contributed by atoms with Crippen LogP contribution in [-0.4, -0.2) is 6.85 Å². The molecule has 0 atom stereocenters. The van der Waals surface area contributed by atoms with Crippen LogP contribution in [0.4, 0.5) is 28.4 Å². The Morgan fingerprint density at radius 2 is 1.16 bits per heavy atom. The molecule has 3 aliphatic heterocycles. The van der Waals surface area contributed by atoms with Crippen LogP contribution in [0.5, 0.6) is 0 Å². The molecule has 3 nitrogen and oxygen atoms in total. The lowest BCUT2D eigenvalue weighted by Gasteiger charge is -2.51. The van der Waals surface area contributed by atoms with E-state index in [-0.39, 0.29) is 12.3 Å². The fraction of sp³-hybridized carbons (Fsp3) is 0.0877. The average Bonchev–Trinajstić information content (AvgIpc) is 3.82. The van der Waals surface area contributed by atoms with E-state index in [0.717, 1.165) is 38.9 Å². The van der Waals surface area contributed by atoms with Gasteiger partial charge in [-0.15, -0.1) is 0 Å². The zero-order valence-electron chi connectivity index (χ0n) is 34.2. The normalized spacial score (nSPS) is 14.8. The summed E-state index contributed by atoms with van der Waals surface area (Å²) < 4.78 is 7.03. The van der Waals surface area contributed by atoms with Gasteiger partial charge in [-0.25, -0.2) is 0 Å². The quantitative estimate of drug-likeness (QED) is 0.155. The first-order valence-corrected chi connectivity index (χ1v) is 21.6. The Kier molecular flexibility index (Phi) is 6.32. The van der Waals surface area contributed by atoms with E-state index >= 15 is 0 Å². The maximum Gasteiger partial charge on any atom is 0.333 e. The minimum atomic E-state index is -0.505. The van der Waals surface area contributed by atoms with Crippen LogP contribution in [0.1, 0.15) is 48.6 Å². The van der Waals surface area contributed by atoms with Crippen LogP contribution in [0.2, 0.25) is 0 Å². The van der Waals surface area contributed by atoms with Crippen molar-refractivity contribution in [2.75, 3.05) is 9.71 Å². The van der Waals surface area contributed by atoms with Crippen LogP contribution in [0, 0.1) is 0 Å². The minimum absolute atomic E-state index is 0.0247. The molecule has 0 bridgehead atoms. The topological polar surface area (TPSA) is 19.6 Å². The summed E-state index contributed by atoms with van der Waals surface area (Å²) in [5.74, 6) is 0. The first kappa shape index (κ1) is 33.5. The molecule has 4 heterocycles. The fourth-order valence-electron chi connectivity index (χ4n) is 11.9. The standard InChI is InChI=1S/C57H39BN2O/c1-56(2,3)35-27-29-36(30-28-35)60-48-32-31-41-40-19-8-13-26-50(40)61-55(41)52(48)51-37-16-5-4-15-34(37)33-49-53(51)58(60)46-24-14-23-45-54(46)59(49)47-25-12-11-22-44(47)57(45)42-20-9-6-17-38(42)39-18-7-10-21-43(39)57/h4-33H,1-3H3. The van der Waals surface area contributed by atoms with Gasteiger partial charge in [0.25, 0.3) is 0 Å². The number of hydrogen-bond donors (Lipinski definition) is 0. The van der Waals surface area contributed by atoms with Crippen molar-refractivity contribution in [2.45, 2.75) is 31.6 Å². The molecule has 0 fully saturated rings.